The van der Waals surface area contributed by atoms with Crippen molar-refractivity contribution in [2.75, 3.05) is 13.2 Å². The summed E-state index contributed by atoms with van der Waals surface area (Å²) in [4.78, 5) is 24.6. The van der Waals surface area contributed by atoms with Gasteiger partial charge in [-0.2, -0.15) is 0 Å². The maximum Gasteiger partial charge on any atom is 0.305 e. The van der Waals surface area contributed by atoms with E-state index in [0.29, 0.717) is 19.4 Å². The summed E-state index contributed by atoms with van der Waals surface area (Å²) in [5.74, 6) is -0.0666. The molecular weight excluding hydrogens is 983 g/mol. The quantitative estimate of drug-likeness (QED) is 0.0320. The zero-order valence-corrected chi connectivity index (χ0v) is 53.8. The second-order valence-electron chi connectivity index (χ2n) is 24.6. The second-order valence-corrected chi connectivity index (χ2v) is 24.6. The van der Waals surface area contributed by atoms with Crippen molar-refractivity contribution in [2.24, 2.45) is 0 Å². The molecule has 80 heavy (non-hydrogen) atoms. The van der Waals surface area contributed by atoms with Gasteiger partial charge < -0.3 is 20.3 Å². The van der Waals surface area contributed by atoms with Gasteiger partial charge in [0.25, 0.3) is 0 Å². The molecule has 0 aromatic carbocycles. The van der Waals surface area contributed by atoms with Crippen LogP contribution in [0.4, 0.5) is 0 Å². The van der Waals surface area contributed by atoms with E-state index in [1.807, 2.05) is 6.08 Å². The summed E-state index contributed by atoms with van der Waals surface area (Å²) in [6.45, 7) is 4.91. The maximum absolute atomic E-state index is 12.5. The van der Waals surface area contributed by atoms with Crippen LogP contribution in [0.5, 0.6) is 0 Å². The molecule has 0 aliphatic heterocycles. The number of amides is 1. The first kappa shape index (κ1) is 77.8. The summed E-state index contributed by atoms with van der Waals surface area (Å²) in [7, 11) is 0. The molecule has 0 aromatic rings. The predicted octanol–water partition coefficient (Wildman–Crippen LogP) is 23.3. The molecule has 0 fully saturated rings. The zero-order valence-electron chi connectivity index (χ0n) is 53.8. The largest absolute Gasteiger partial charge is 0.466 e. The Hall–Kier alpha value is -2.18. The molecule has 0 aliphatic rings. The van der Waals surface area contributed by atoms with Crippen molar-refractivity contribution in [3.63, 3.8) is 0 Å². The van der Waals surface area contributed by atoms with Gasteiger partial charge in [0.05, 0.1) is 25.4 Å². The Labute approximate surface area is 499 Å². The van der Waals surface area contributed by atoms with E-state index in [4.69, 9.17) is 4.74 Å². The molecule has 0 aromatic heterocycles. The van der Waals surface area contributed by atoms with Crippen molar-refractivity contribution < 1.29 is 24.5 Å². The summed E-state index contributed by atoms with van der Waals surface area (Å²) >= 11 is 0. The highest BCUT2D eigenvalue weighted by Gasteiger charge is 2.18. The van der Waals surface area contributed by atoms with E-state index in [9.17, 15) is 19.8 Å². The molecule has 0 saturated carbocycles. The van der Waals surface area contributed by atoms with Crippen LogP contribution in [-0.4, -0.2) is 47.4 Å². The van der Waals surface area contributed by atoms with Crippen molar-refractivity contribution in [1.82, 2.24) is 5.32 Å². The third kappa shape index (κ3) is 65.0. The Balaban J connectivity index is 3.45. The van der Waals surface area contributed by atoms with Crippen molar-refractivity contribution in [1.29, 1.82) is 0 Å². The van der Waals surface area contributed by atoms with Crippen molar-refractivity contribution in [2.45, 2.75) is 398 Å². The van der Waals surface area contributed by atoms with Gasteiger partial charge in [-0.3, -0.25) is 9.59 Å². The molecule has 0 heterocycles. The summed E-state index contributed by atoms with van der Waals surface area (Å²) in [6, 6.07) is -0.632. The molecule has 0 spiro atoms. The smallest absolute Gasteiger partial charge is 0.305 e. The van der Waals surface area contributed by atoms with Crippen LogP contribution >= 0.6 is 0 Å². The number of aliphatic hydroxyl groups is 2. The molecular formula is C74H139NO5. The monoisotopic (exact) mass is 1120 g/mol. The Morgan fingerprint density at radius 2 is 0.625 bits per heavy atom. The molecule has 2 unspecified atom stereocenters. The van der Waals surface area contributed by atoms with E-state index < -0.39 is 12.1 Å². The first-order valence-corrected chi connectivity index (χ1v) is 35.9. The maximum atomic E-state index is 12.5. The fraction of sp³-hybridized carbons (Fsp3) is 0.865. The van der Waals surface area contributed by atoms with Crippen LogP contribution in [0.1, 0.15) is 386 Å². The standard InChI is InChI=1S/C74H139NO5/c1-3-5-7-9-11-13-15-17-18-19-20-21-27-30-33-36-39-43-46-50-54-58-62-66-72(77)71(70-76)75-73(78)67-63-59-55-51-47-44-40-37-34-31-28-25-23-22-24-26-29-32-35-38-41-45-49-53-57-61-65-69-80-74(79)68-64-60-56-52-48-42-16-14-12-10-8-6-4-2/h14,16,22-23,26,29,62,66,71-72,76-77H,3-13,15,17-21,24-25,27-28,30-61,63-65,67-70H2,1-2H3,(H,75,78)/b16-14-,23-22-,29-26-,66-62+. The number of rotatable bonds is 67. The van der Waals surface area contributed by atoms with Gasteiger partial charge in [-0.1, -0.05) is 332 Å². The molecule has 6 nitrogen and oxygen atoms in total. The minimum Gasteiger partial charge on any atom is -0.466 e. The molecule has 0 aliphatic carbocycles. The number of allylic oxidation sites excluding steroid dienone is 7. The molecule has 0 rings (SSSR count). The van der Waals surface area contributed by atoms with Gasteiger partial charge in [0.1, 0.15) is 0 Å². The van der Waals surface area contributed by atoms with E-state index in [-0.39, 0.29) is 18.5 Å². The van der Waals surface area contributed by atoms with Gasteiger partial charge in [0.2, 0.25) is 5.91 Å². The minimum atomic E-state index is -0.849. The number of hydrogen-bond donors (Lipinski definition) is 3. The highest BCUT2D eigenvalue weighted by Crippen LogP contribution is 2.18. The number of carbonyl (C=O) groups is 2. The summed E-state index contributed by atoms with van der Waals surface area (Å²) in [6.07, 6.45) is 90.5. The number of aliphatic hydroxyl groups excluding tert-OH is 2. The minimum absolute atomic E-state index is 0.00115. The van der Waals surface area contributed by atoms with Crippen molar-refractivity contribution in [3.8, 4) is 0 Å². The lowest BCUT2D eigenvalue weighted by Gasteiger charge is -2.20. The molecule has 470 valence electrons. The second kappa shape index (κ2) is 69.3. The summed E-state index contributed by atoms with van der Waals surface area (Å²) in [5, 5.41) is 23.3. The average Bonchev–Trinajstić information content (AvgIpc) is 3.46. The van der Waals surface area contributed by atoms with E-state index in [1.54, 1.807) is 6.08 Å². The van der Waals surface area contributed by atoms with Crippen LogP contribution in [0.15, 0.2) is 48.6 Å². The lowest BCUT2D eigenvalue weighted by atomic mass is 10.0. The summed E-state index contributed by atoms with van der Waals surface area (Å²) < 4.78 is 5.47. The van der Waals surface area contributed by atoms with Crippen LogP contribution < -0.4 is 5.32 Å². The third-order valence-corrected chi connectivity index (χ3v) is 16.6. The Morgan fingerprint density at radius 3 is 0.975 bits per heavy atom. The molecule has 0 saturated heterocycles. The molecule has 2 atom stereocenters. The molecule has 1 amide bonds. The van der Waals surface area contributed by atoms with Crippen molar-refractivity contribution in [3.05, 3.63) is 48.6 Å². The third-order valence-electron chi connectivity index (χ3n) is 16.6. The van der Waals surface area contributed by atoms with Crippen LogP contribution in [0.25, 0.3) is 0 Å². The van der Waals surface area contributed by atoms with E-state index in [0.717, 1.165) is 51.4 Å². The normalized spacial score (nSPS) is 12.8. The molecule has 3 N–H and O–H groups in total. The average molecular weight is 1120 g/mol. The topological polar surface area (TPSA) is 95.9 Å². The molecule has 0 bridgehead atoms. The lowest BCUT2D eigenvalue weighted by Crippen LogP contribution is -2.45. The van der Waals surface area contributed by atoms with Gasteiger partial charge in [-0.15, -0.1) is 0 Å². The fourth-order valence-corrected chi connectivity index (χ4v) is 11.1. The molecule has 6 heteroatoms. The van der Waals surface area contributed by atoms with Crippen LogP contribution in [0.2, 0.25) is 0 Å². The van der Waals surface area contributed by atoms with Crippen LogP contribution in [0.3, 0.4) is 0 Å². The number of carbonyl (C=O) groups excluding carboxylic acids is 2. The number of unbranched alkanes of at least 4 members (excludes halogenated alkanes) is 50. The highest BCUT2D eigenvalue weighted by atomic mass is 16.5. The number of ether oxygens (including phenoxy) is 1. The van der Waals surface area contributed by atoms with Gasteiger partial charge in [-0.05, 0) is 89.9 Å². The van der Waals surface area contributed by atoms with Gasteiger partial charge in [-0.25, -0.2) is 0 Å². The van der Waals surface area contributed by atoms with Crippen LogP contribution in [0, 0.1) is 0 Å². The Kier molecular flexibility index (Phi) is 67.4. The van der Waals surface area contributed by atoms with E-state index >= 15 is 0 Å². The Bertz CT molecular complexity index is 1340. The van der Waals surface area contributed by atoms with Crippen LogP contribution in [-0.2, 0) is 14.3 Å². The van der Waals surface area contributed by atoms with E-state index in [1.165, 1.54) is 308 Å². The van der Waals surface area contributed by atoms with Gasteiger partial charge >= 0.3 is 5.97 Å². The first-order chi connectivity index (χ1) is 39.5. The predicted molar refractivity (Wildman–Crippen MR) is 352 cm³/mol. The SMILES string of the molecule is CCCCCC/C=C\CCCCCCCC(=O)OCCCCCCCCCCC/C=C\C/C=C\CCCCCCCCCCCCCC(=O)NC(CO)C(O)/C=C/CCCCCCCCCCCCCCCCCCCCCCC. The highest BCUT2D eigenvalue weighted by molar-refractivity contribution is 5.76. The van der Waals surface area contributed by atoms with Crippen molar-refractivity contribution >= 4 is 11.9 Å². The summed E-state index contributed by atoms with van der Waals surface area (Å²) in [5.41, 5.74) is 0. The number of hydrogen-bond acceptors (Lipinski definition) is 5. The Morgan fingerprint density at radius 1 is 0.350 bits per heavy atom. The number of esters is 1. The molecule has 0 radical (unpaired) electrons. The number of nitrogens with one attached hydrogen (secondary N) is 1. The van der Waals surface area contributed by atoms with Gasteiger partial charge in [0.15, 0.2) is 0 Å². The van der Waals surface area contributed by atoms with Gasteiger partial charge in [0, 0.05) is 12.8 Å². The zero-order chi connectivity index (χ0) is 57.8. The fourth-order valence-electron chi connectivity index (χ4n) is 11.1. The first-order valence-electron chi connectivity index (χ1n) is 35.9. The van der Waals surface area contributed by atoms with E-state index in [2.05, 4.69) is 55.6 Å². The lowest BCUT2D eigenvalue weighted by molar-refractivity contribution is -0.143.